The van der Waals surface area contributed by atoms with Crippen LogP contribution in [0.3, 0.4) is 0 Å². The average Bonchev–Trinajstić information content (AvgIpc) is 2.73. The smallest absolute Gasteiger partial charge is 0.162 e. The summed E-state index contributed by atoms with van der Waals surface area (Å²) in [5.41, 5.74) is -1.10. The molecule has 0 amide bonds. The molecule has 4 saturated heterocycles. The summed E-state index contributed by atoms with van der Waals surface area (Å²) in [5.74, 6) is 6.15. The average molecular weight is 386 g/mol. The molecule has 4 heterocycles. The second-order valence-corrected chi connectivity index (χ2v) is 8.75. The van der Waals surface area contributed by atoms with Gasteiger partial charge in [-0.3, -0.25) is 4.90 Å². The highest BCUT2D eigenvalue weighted by Gasteiger charge is 2.48. The van der Waals surface area contributed by atoms with Gasteiger partial charge < -0.3 is 19.3 Å². The summed E-state index contributed by atoms with van der Waals surface area (Å²) in [6, 6.07) is 9.64. The van der Waals surface area contributed by atoms with Crippen molar-refractivity contribution < 1.29 is 19.3 Å². The number of fused-ring (bicyclic) bond motifs is 3. The van der Waals surface area contributed by atoms with E-state index in [0.29, 0.717) is 19.1 Å². The molecule has 4 fully saturated rings. The van der Waals surface area contributed by atoms with E-state index < -0.39 is 17.0 Å². The van der Waals surface area contributed by atoms with Crippen LogP contribution in [-0.4, -0.2) is 61.4 Å². The van der Waals surface area contributed by atoms with Crippen LogP contribution in [0.25, 0.3) is 0 Å². The summed E-state index contributed by atoms with van der Waals surface area (Å²) in [6.07, 6.45) is 2.19. The van der Waals surface area contributed by atoms with Gasteiger partial charge in [0.1, 0.15) is 5.60 Å². The Morgan fingerprint density at radius 1 is 1.14 bits per heavy atom. The summed E-state index contributed by atoms with van der Waals surface area (Å²) >= 11 is 0. The van der Waals surface area contributed by atoms with Gasteiger partial charge in [-0.15, -0.1) is 0 Å². The molecule has 0 spiro atoms. The van der Waals surface area contributed by atoms with Crippen LogP contribution < -0.4 is 0 Å². The van der Waals surface area contributed by atoms with Crippen LogP contribution >= 0.6 is 0 Å². The Morgan fingerprint density at radius 2 is 1.79 bits per heavy atom. The van der Waals surface area contributed by atoms with Gasteiger partial charge in [-0.2, -0.15) is 0 Å². The Balaban J connectivity index is 1.69. The van der Waals surface area contributed by atoms with Crippen molar-refractivity contribution in [3.63, 3.8) is 0 Å². The van der Waals surface area contributed by atoms with Gasteiger partial charge in [0.25, 0.3) is 0 Å². The zero-order chi connectivity index (χ0) is 19.8. The molecule has 28 heavy (non-hydrogen) atoms. The fourth-order valence-electron chi connectivity index (χ4n) is 4.68. The van der Waals surface area contributed by atoms with Crippen LogP contribution in [0.2, 0.25) is 0 Å². The molecule has 2 atom stereocenters. The number of hydrogen-bond acceptors (Lipinski definition) is 5. The highest BCUT2D eigenvalue weighted by atomic mass is 16.7. The first-order valence-electron chi connectivity index (χ1n) is 10.2. The number of aliphatic hydroxyl groups is 1. The topological polar surface area (TPSA) is 51.2 Å². The lowest BCUT2D eigenvalue weighted by Gasteiger charge is -2.50. The summed E-state index contributed by atoms with van der Waals surface area (Å²) in [7, 11) is 1.74. The van der Waals surface area contributed by atoms with E-state index in [2.05, 4.69) is 16.7 Å². The predicted octanol–water partition coefficient (Wildman–Crippen LogP) is 2.39. The second kappa shape index (κ2) is 7.44. The minimum Gasteiger partial charge on any atom is -0.373 e. The Bertz CT molecular complexity index is 737. The predicted molar refractivity (Wildman–Crippen MR) is 106 cm³/mol. The monoisotopic (exact) mass is 385 g/mol. The maximum atomic E-state index is 11.8. The third kappa shape index (κ3) is 3.60. The third-order valence-electron chi connectivity index (χ3n) is 6.60. The molecule has 0 saturated carbocycles. The van der Waals surface area contributed by atoms with E-state index in [-0.39, 0.29) is 5.92 Å². The lowest BCUT2D eigenvalue weighted by atomic mass is 9.74. The lowest BCUT2D eigenvalue weighted by molar-refractivity contribution is -0.278. The number of nitrogens with zero attached hydrogens (tertiary/aromatic N) is 1. The van der Waals surface area contributed by atoms with E-state index in [1.165, 1.54) is 0 Å². The van der Waals surface area contributed by atoms with Crippen LogP contribution in [-0.2, 0) is 19.8 Å². The molecule has 4 aliphatic rings. The SMILES string of the molecule is CO[C@]1(C#CC(O)(c2ccccc2)C2COC(C)(C)OC2)CN2CCC1CC2. The zero-order valence-electron chi connectivity index (χ0n) is 17.1. The molecule has 1 unspecified atom stereocenters. The van der Waals surface area contributed by atoms with E-state index in [0.717, 1.165) is 38.0 Å². The standard InChI is InChI=1S/C23H31NO4/c1-21(2)27-15-20(16-28-21)23(25,19-7-5-4-6-8-19)12-11-22(26-3)17-24-13-9-18(22)10-14-24/h4-8,18,20,25H,9-10,13-17H2,1-3H3/t22-,23?/m1/s1. The quantitative estimate of drug-likeness (QED) is 0.810. The largest absolute Gasteiger partial charge is 0.373 e. The maximum absolute atomic E-state index is 11.8. The molecule has 2 bridgehead atoms. The van der Waals surface area contributed by atoms with Gasteiger partial charge in [-0.1, -0.05) is 42.2 Å². The second-order valence-electron chi connectivity index (χ2n) is 8.75. The molecule has 152 valence electrons. The first kappa shape index (κ1) is 19.9. The van der Waals surface area contributed by atoms with Crippen molar-refractivity contribution in [2.75, 3.05) is 40.0 Å². The molecule has 0 aliphatic carbocycles. The Hall–Kier alpha value is -1.42. The molecule has 5 nitrogen and oxygen atoms in total. The number of ether oxygens (including phenoxy) is 3. The minimum absolute atomic E-state index is 0.273. The first-order chi connectivity index (χ1) is 13.4. The van der Waals surface area contributed by atoms with Crippen molar-refractivity contribution in [1.82, 2.24) is 4.90 Å². The molecule has 5 heteroatoms. The van der Waals surface area contributed by atoms with Crippen LogP contribution in [0.15, 0.2) is 30.3 Å². The van der Waals surface area contributed by atoms with E-state index in [1.807, 2.05) is 44.2 Å². The highest BCUT2D eigenvalue weighted by molar-refractivity contribution is 5.36. The molecule has 0 radical (unpaired) electrons. The summed E-state index contributed by atoms with van der Waals surface area (Å²) in [4.78, 5) is 2.41. The van der Waals surface area contributed by atoms with E-state index >= 15 is 0 Å². The summed E-state index contributed by atoms with van der Waals surface area (Å²) in [5, 5.41) is 11.8. The van der Waals surface area contributed by atoms with Crippen LogP contribution in [0.5, 0.6) is 0 Å². The number of benzene rings is 1. The first-order valence-corrected chi connectivity index (χ1v) is 10.2. The van der Waals surface area contributed by atoms with Gasteiger partial charge in [0.2, 0.25) is 0 Å². The zero-order valence-corrected chi connectivity index (χ0v) is 17.1. The molecule has 1 aromatic carbocycles. The molecule has 1 aromatic rings. The van der Waals surface area contributed by atoms with Gasteiger partial charge in [-0.05, 0) is 45.3 Å². The molecular formula is C23H31NO4. The van der Waals surface area contributed by atoms with Crippen molar-refractivity contribution in [1.29, 1.82) is 0 Å². The Morgan fingerprint density at radius 3 is 2.32 bits per heavy atom. The number of piperidine rings is 3. The normalized spacial score (nSPS) is 34.3. The minimum atomic E-state index is -1.35. The fourth-order valence-corrected chi connectivity index (χ4v) is 4.68. The molecule has 0 aromatic heterocycles. The molecule has 5 rings (SSSR count). The lowest BCUT2D eigenvalue weighted by Crippen LogP contribution is -2.59. The van der Waals surface area contributed by atoms with E-state index in [9.17, 15) is 5.11 Å². The van der Waals surface area contributed by atoms with Crippen molar-refractivity contribution in [3.05, 3.63) is 35.9 Å². The van der Waals surface area contributed by atoms with E-state index in [1.54, 1.807) is 7.11 Å². The Labute approximate surface area is 168 Å². The van der Waals surface area contributed by atoms with Crippen molar-refractivity contribution in [2.24, 2.45) is 11.8 Å². The molecule has 1 N–H and O–H groups in total. The van der Waals surface area contributed by atoms with Gasteiger partial charge in [-0.25, -0.2) is 0 Å². The van der Waals surface area contributed by atoms with Crippen LogP contribution in [0.1, 0.15) is 32.3 Å². The number of methoxy groups -OCH3 is 1. The van der Waals surface area contributed by atoms with Crippen molar-refractivity contribution in [2.45, 2.75) is 43.7 Å². The highest BCUT2D eigenvalue weighted by Crippen LogP contribution is 2.39. The number of hydrogen-bond donors (Lipinski definition) is 1. The van der Waals surface area contributed by atoms with Crippen molar-refractivity contribution >= 4 is 0 Å². The molecule has 4 aliphatic heterocycles. The Kier molecular flexibility index (Phi) is 5.28. The van der Waals surface area contributed by atoms with Gasteiger partial charge >= 0.3 is 0 Å². The van der Waals surface area contributed by atoms with Crippen molar-refractivity contribution in [3.8, 4) is 11.8 Å². The maximum Gasteiger partial charge on any atom is 0.162 e. The van der Waals surface area contributed by atoms with Gasteiger partial charge in [0, 0.05) is 19.6 Å². The molecular weight excluding hydrogens is 354 g/mol. The van der Waals surface area contributed by atoms with Gasteiger partial charge in [0.05, 0.1) is 19.1 Å². The van der Waals surface area contributed by atoms with E-state index in [4.69, 9.17) is 14.2 Å². The van der Waals surface area contributed by atoms with Gasteiger partial charge in [0.15, 0.2) is 11.4 Å². The van der Waals surface area contributed by atoms with Crippen LogP contribution in [0.4, 0.5) is 0 Å². The summed E-state index contributed by atoms with van der Waals surface area (Å²) < 4.78 is 17.7. The van der Waals surface area contributed by atoms with Crippen LogP contribution in [0, 0.1) is 23.7 Å². The fraction of sp³-hybridized carbons (Fsp3) is 0.652. The number of rotatable bonds is 3. The third-order valence-corrected chi connectivity index (χ3v) is 6.60. The summed E-state index contributed by atoms with van der Waals surface area (Å²) in [6.45, 7) is 7.59.